The molecule has 1 aliphatic rings. The Morgan fingerprint density at radius 2 is 1.57 bits per heavy atom. The van der Waals surface area contributed by atoms with Crippen LogP contribution in [0.4, 0.5) is 11.8 Å². The summed E-state index contributed by atoms with van der Waals surface area (Å²) in [6.07, 6.45) is 1.86. The number of sulfonamides is 1. The van der Waals surface area contributed by atoms with Crippen molar-refractivity contribution in [3.63, 3.8) is 0 Å². The summed E-state index contributed by atoms with van der Waals surface area (Å²) in [4.78, 5) is 11.7. The van der Waals surface area contributed by atoms with Crippen molar-refractivity contribution in [1.82, 2.24) is 19.6 Å². The molecule has 0 saturated carbocycles. The number of anilines is 2. The Labute approximate surface area is 218 Å². The highest BCUT2D eigenvalue weighted by Gasteiger charge is 2.29. The molecule has 9 heteroatoms. The normalized spacial score (nSPS) is 18.6. The summed E-state index contributed by atoms with van der Waals surface area (Å²) in [5.41, 5.74) is 8.17. The smallest absolute Gasteiger partial charge is 0.240 e. The second-order valence-electron chi connectivity index (χ2n) is 9.51. The van der Waals surface area contributed by atoms with Crippen LogP contribution in [-0.4, -0.2) is 49.0 Å². The predicted molar refractivity (Wildman–Crippen MR) is 147 cm³/mol. The summed E-state index contributed by atoms with van der Waals surface area (Å²) < 4.78 is 28.5. The number of rotatable bonds is 9. The highest BCUT2D eigenvalue weighted by atomic mass is 32.2. The third-order valence-corrected chi connectivity index (χ3v) is 8.33. The molecular formula is C28H32N6O2S. The van der Waals surface area contributed by atoms with Crippen LogP contribution in [0.5, 0.6) is 0 Å². The number of nitrogens with one attached hydrogen (secondary N) is 2. The maximum atomic E-state index is 12.8. The maximum Gasteiger partial charge on any atom is 0.240 e. The van der Waals surface area contributed by atoms with E-state index in [9.17, 15) is 8.42 Å². The summed E-state index contributed by atoms with van der Waals surface area (Å²) in [6.45, 7) is 2.68. The van der Waals surface area contributed by atoms with Crippen molar-refractivity contribution in [2.45, 2.75) is 30.3 Å². The minimum Gasteiger partial charge on any atom is -0.383 e. The molecular weight excluding hydrogens is 484 g/mol. The average molecular weight is 517 g/mol. The van der Waals surface area contributed by atoms with Gasteiger partial charge in [-0.05, 0) is 48.6 Å². The molecule has 8 nitrogen and oxygen atoms in total. The highest BCUT2D eigenvalue weighted by molar-refractivity contribution is 7.89. The van der Waals surface area contributed by atoms with E-state index in [0.29, 0.717) is 30.8 Å². The number of benzene rings is 3. The fraction of sp³-hybridized carbons (Fsp3) is 0.286. The second-order valence-corrected chi connectivity index (χ2v) is 11.3. The SMILES string of the molecule is Nc1nc(NC[C@H]2CC[C@H](CNS(=O)(=O)c3ccccc3)N(Cc3ccccc3)C2)nc2ccccc12. The van der Waals surface area contributed by atoms with Crippen LogP contribution in [0.15, 0.2) is 89.8 Å². The second kappa shape index (κ2) is 11.2. The molecule has 5 rings (SSSR count). The van der Waals surface area contributed by atoms with Crippen molar-refractivity contribution in [2.75, 3.05) is 30.7 Å². The molecule has 0 aliphatic carbocycles. The molecule has 2 heterocycles. The van der Waals surface area contributed by atoms with Crippen molar-refractivity contribution >= 4 is 32.7 Å². The number of para-hydroxylation sites is 1. The van der Waals surface area contributed by atoms with Gasteiger partial charge in [0.2, 0.25) is 16.0 Å². The molecule has 0 bridgehead atoms. The number of nitrogens with two attached hydrogens (primary N) is 1. The summed E-state index contributed by atoms with van der Waals surface area (Å²) >= 11 is 0. The zero-order chi connectivity index (χ0) is 25.7. The van der Waals surface area contributed by atoms with E-state index in [1.165, 1.54) is 5.56 Å². The van der Waals surface area contributed by atoms with E-state index in [4.69, 9.17) is 5.73 Å². The van der Waals surface area contributed by atoms with Gasteiger partial charge in [-0.2, -0.15) is 4.98 Å². The molecule has 4 N–H and O–H groups in total. The van der Waals surface area contributed by atoms with Crippen LogP contribution in [0.1, 0.15) is 18.4 Å². The lowest BCUT2D eigenvalue weighted by Crippen LogP contribution is -2.49. The molecule has 0 radical (unpaired) electrons. The number of likely N-dealkylation sites (tertiary alicyclic amines) is 1. The summed E-state index contributed by atoms with van der Waals surface area (Å²) in [6, 6.07) is 26.6. The van der Waals surface area contributed by atoms with Crippen LogP contribution in [0, 0.1) is 5.92 Å². The van der Waals surface area contributed by atoms with Gasteiger partial charge in [-0.3, -0.25) is 4.90 Å². The Morgan fingerprint density at radius 3 is 2.35 bits per heavy atom. The average Bonchev–Trinajstić information content (AvgIpc) is 2.92. The van der Waals surface area contributed by atoms with Crippen molar-refractivity contribution in [3.8, 4) is 0 Å². The first-order chi connectivity index (χ1) is 18.0. The molecule has 0 spiro atoms. The number of nitrogens with zero attached hydrogens (tertiary/aromatic N) is 3. The van der Waals surface area contributed by atoms with Gasteiger partial charge in [0.05, 0.1) is 10.4 Å². The van der Waals surface area contributed by atoms with E-state index in [2.05, 4.69) is 37.0 Å². The minimum absolute atomic E-state index is 0.0995. The van der Waals surface area contributed by atoms with Gasteiger partial charge < -0.3 is 11.1 Å². The zero-order valence-corrected chi connectivity index (χ0v) is 21.4. The Balaban J connectivity index is 1.26. The Kier molecular flexibility index (Phi) is 7.64. The largest absolute Gasteiger partial charge is 0.383 e. The van der Waals surface area contributed by atoms with E-state index >= 15 is 0 Å². The molecule has 3 aromatic carbocycles. The molecule has 0 amide bonds. The molecule has 1 aromatic heterocycles. The van der Waals surface area contributed by atoms with Gasteiger partial charge in [-0.1, -0.05) is 60.7 Å². The van der Waals surface area contributed by atoms with Crippen molar-refractivity contribution in [3.05, 3.63) is 90.5 Å². The molecule has 1 aliphatic heterocycles. The number of piperidine rings is 1. The molecule has 4 aromatic rings. The Hall–Kier alpha value is -3.53. The fourth-order valence-corrected chi connectivity index (χ4v) is 5.99. The topological polar surface area (TPSA) is 113 Å². The number of aromatic nitrogens is 2. The van der Waals surface area contributed by atoms with Gasteiger partial charge in [-0.15, -0.1) is 0 Å². The monoisotopic (exact) mass is 516 g/mol. The molecule has 1 saturated heterocycles. The zero-order valence-electron chi connectivity index (χ0n) is 20.6. The van der Waals surface area contributed by atoms with E-state index in [0.717, 1.165) is 36.8 Å². The third kappa shape index (κ3) is 6.25. The molecule has 1 fully saturated rings. The summed E-state index contributed by atoms with van der Waals surface area (Å²) in [5.74, 6) is 1.36. The van der Waals surface area contributed by atoms with Gasteiger partial charge in [0.1, 0.15) is 5.82 Å². The van der Waals surface area contributed by atoms with E-state index in [1.54, 1.807) is 24.3 Å². The summed E-state index contributed by atoms with van der Waals surface area (Å²) in [5, 5.41) is 4.23. The quantitative estimate of drug-likeness (QED) is 0.309. The standard InChI is InChI=1S/C28H32N6O2S/c29-27-25-13-7-8-14-26(25)32-28(33-27)30-17-22-15-16-23(34(20-22)19-21-9-3-1-4-10-21)18-31-37(35,36)24-11-5-2-6-12-24/h1-14,22-23,31H,15-20H2,(H3,29,30,32,33)/t22-,23-/m1/s1. The fourth-order valence-electron chi connectivity index (χ4n) is 4.90. The lowest BCUT2D eigenvalue weighted by Gasteiger charge is -2.40. The Morgan fingerprint density at radius 1 is 0.865 bits per heavy atom. The minimum atomic E-state index is -3.56. The van der Waals surface area contributed by atoms with Gasteiger partial charge in [0, 0.05) is 37.6 Å². The van der Waals surface area contributed by atoms with Crippen molar-refractivity contribution < 1.29 is 8.42 Å². The first kappa shape index (κ1) is 25.1. The molecule has 192 valence electrons. The lowest BCUT2D eigenvalue weighted by atomic mass is 9.92. The van der Waals surface area contributed by atoms with E-state index in [-0.39, 0.29) is 10.9 Å². The van der Waals surface area contributed by atoms with Gasteiger partial charge in [0.15, 0.2) is 0 Å². The molecule has 37 heavy (non-hydrogen) atoms. The van der Waals surface area contributed by atoms with Crippen LogP contribution < -0.4 is 15.8 Å². The molecule has 0 unspecified atom stereocenters. The van der Waals surface area contributed by atoms with E-state index < -0.39 is 10.0 Å². The summed E-state index contributed by atoms with van der Waals surface area (Å²) in [7, 11) is -3.56. The van der Waals surface area contributed by atoms with Gasteiger partial charge >= 0.3 is 0 Å². The Bertz CT molecular complexity index is 1430. The lowest BCUT2D eigenvalue weighted by molar-refractivity contribution is 0.106. The number of hydrogen-bond donors (Lipinski definition) is 3. The third-order valence-electron chi connectivity index (χ3n) is 6.89. The van der Waals surface area contributed by atoms with Crippen LogP contribution in [0.25, 0.3) is 10.9 Å². The van der Waals surface area contributed by atoms with Gasteiger partial charge in [-0.25, -0.2) is 18.1 Å². The highest BCUT2D eigenvalue weighted by Crippen LogP contribution is 2.25. The number of nitrogen functional groups attached to an aromatic ring is 1. The van der Waals surface area contributed by atoms with Crippen LogP contribution >= 0.6 is 0 Å². The molecule has 2 atom stereocenters. The maximum absolute atomic E-state index is 12.8. The first-order valence-electron chi connectivity index (χ1n) is 12.6. The van der Waals surface area contributed by atoms with Crippen LogP contribution in [0.3, 0.4) is 0 Å². The number of fused-ring (bicyclic) bond motifs is 1. The van der Waals surface area contributed by atoms with Crippen molar-refractivity contribution in [2.24, 2.45) is 5.92 Å². The number of hydrogen-bond acceptors (Lipinski definition) is 7. The van der Waals surface area contributed by atoms with Gasteiger partial charge in [0.25, 0.3) is 0 Å². The predicted octanol–water partition coefficient (Wildman–Crippen LogP) is 3.88. The first-order valence-corrected chi connectivity index (χ1v) is 14.0. The van der Waals surface area contributed by atoms with Crippen LogP contribution in [-0.2, 0) is 16.6 Å². The van der Waals surface area contributed by atoms with Crippen molar-refractivity contribution in [1.29, 1.82) is 0 Å². The van der Waals surface area contributed by atoms with E-state index in [1.807, 2.05) is 48.5 Å². The van der Waals surface area contributed by atoms with Crippen LogP contribution in [0.2, 0.25) is 0 Å².